The molecule has 2 aromatic rings. The van der Waals surface area contributed by atoms with Crippen LogP contribution in [0.15, 0.2) is 17.5 Å². The summed E-state index contributed by atoms with van der Waals surface area (Å²) in [4.78, 5) is 10.5. The summed E-state index contributed by atoms with van der Waals surface area (Å²) in [6.07, 6.45) is 0.446. The monoisotopic (exact) mass is 195 g/mol. The molecule has 66 valence electrons. The molecule has 0 unspecified atom stereocenters. The molecule has 0 atom stereocenters. The van der Waals surface area contributed by atoms with Crippen LogP contribution in [0, 0.1) is 5.82 Å². The van der Waals surface area contributed by atoms with E-state index < -0.39 is 5.82 Å². The van der Waals surface area contributed by atoms with Gasteiger partial charge in [0.25, 0.3) is 0 Å². The van der Waals surface area contributed by atoms with E-state index in [1.54, 1.807) is 17.5 Å². The highest BCUT2D eigenvalue weighted by atomic mass is 32.1. The third-order valence-corrected chi connectivity index (χ3v) is 2.75. The minimum Gasteiger partial charge on any atom is -0.398 e. The number of aldehydes is 1. The van der Waals surface area contributed by atoms with Gasteiger partial charge in [-0.25, -0.2) is 4.39 Å². The number of hydrogen-bond acceptors (Lipinski definition) is 3. The first kappa shape index (κ1) is 8.19. The summed E-state index contributed by atoms with van der Waals surface area (Å²) < 4.78 is 14.2. The van der Waals surface area contributed by atoms with E-state index in [1.165, 1.54) is 11.3 Å². The maximum atomic E-state index is 13.5. The average Bonchev–Trinajstić information content (AvgIpc) is 2.53. The molecule has 0 amide bonds. The number of rotatable bonds is 1. The number of hydrogen-bond donors (Lipinski definition) is 1. The van der Waals surface area contributed by atoms with Crippen LogP contribution in [0.25, 0.3) is 10.1 Å². The Bertz CT molecular complexity index is 478. The summed E-state index contributed by atoms with van der Waals surface area (Å²) in [7, 11) is 0. The quantitative estimate of drug-likeness (QED) is 0.561. The molecular formula is C9H6FNOS. The Morgan fingerprint density at radius 1 is 1.54 bits per heavy atom. The highest BCUT2D eigenvalue weighted by Crippen LogP contribution is 2.28. The van der Waals surface area contributed by atoms with Gasteiger partial charge in [0, 0.05) is 15.8 Å². The molecule has 0 aliphatic heterocycles. The molecule has 0 saturated heterocycles. The van der Waals surface area contributed by atoms with E-state index in [9.17, 15) is 9.18 Å². The maximum Gasteiger partial charge on any atom is 0.155 e. The molecule has 0 aliphatic rings. The van der Waals surface area contributed by atoms with Crippen molar-refractivity contribution in [3.05, 3.63) is 28.9 Å². The molecule has 0 fully saturated rings. The number of thiophene rings is 1. The number of benzene rings is 1. The van der Waals surface area contributed by atoms with E-state index in [0.717, 1.165) is 4.70 Å². The van der Waals surface area contributed by atoms with Crippen molar-refractivity contribution in [3.63, 3.8) is 0 Å². The van der Waals surface area contributed by atoms with E-state index in [2.05, 4.69) is 0 Å². The van der Waals surface area contributed by atoms with Gasteiger partial charge >= 0.3 is 0 Å². The first-order valence-corrected chi connectivity index (χ1v) is 4.52. The first-order chi connectivity index (χ1) is 6.24. The Labute approximate surface area is 77.8 Å². The maximum absolute atomic E-state index is 13.5. The molecule has 0 bridgehead atoms. The van der Waals surface area contributed by atoms with Crippen molar-refractivity contribution in [2.75, 3.05) is 5.73 Å². The summed E-state index contributed by atoms with van der Waals surface area (Å²) in [5.41, 5.74) is 5.64. The smallest absolute Gasteiger partial charge is 0.155 e. The van der Waals surface area contributed by atoms with Crippen molar-refractivity contribution >= 4 is 33.4 Å². The lowest BCUT2D eigenvalue weighted by Crippen LogP contribution is -1.96. The van der Waals surface area contributed by atoms with Crippen LogP contribution in [0.4, 0.5) is 10.1 Å². The lowest BCUT2D eigenvalue weighted by molar-refractivity contribution is 0.112. The molecule has 2 N–H and O–H groups in total. The second-order valence-electron chi connectivity index (χ2n) is 2.64. The van der Waals surface area contributed by atoms with Crippen molar-refractivity contribution < 1.29 is 9.18 Å². The Morgan fingerprint density at radius 2 is 2.31 bits per heavy atom. The van der Waals surface area contributed by atoms with E-state index in [-0.39, 0.29) is 11.3 Å². The fraction of sp³-hybridized carbons (Fsp3) is 0. The van der Waals surface area contributed by atoms with Crippen LogP contribution >= 0.6 is 11.3 Å². The fourth-order valence-corrected chi connectivity index (χ4v) is 2.06. The zero-order valence-corrected chi connectivity index (χ0v) is 7.40. The van der Waals surface area contributed by atoms with Crippen LogP contribution in [0.1, 0.15) is 10.4 Å². The van der Waals surface area contributed by atoms with Crippen molar-refractivity contribution in [2.45, 2.75) is 0 Å². The second kappa shape index (κ2) is 2.81. The minimum absolute atomic E-state index is 0.0501. The third kappa shape index (κ3) is 1.10. The molecule has 0 aliphatic carbocycles. The second-order valence-corrected chi connectivity index (χ2v) is 3.59. The number of carbonyl (C=O) groups is 1. The Morgan fingerprint density at radius 3 is 3.00 bits per heavy atom. The van der Waals surface area contributed by atoms with E-state index >= 15 is 0 Å². The summed E-state index contributed by atoms with van der Waals surface area (Å²) in [5, 5.41) is 2.23. The number of carbonyl (C=O) groups excluding carboxylic acids is 1. The highest BCUT2D eigenvalue weighted by Gasteiger charge is 2.11. The van der Waals surface area contributed by atoms with Crippen molar-refractivity contribution in [3.8, 4) is 0 Å². The van der Waals surface area contributed by atoms with Gasteiger partial charge < -0.3 is 5.73 Å². The number of nitrogens with two attached hydrogens (primary N) is 1. The van der Waals surface area contributed by atoms with Gasteiger partial charge in [0.05, 0.1) is 5.56 Å². The van der Waals surface area contributed by atoms with Gasteiger partial charge in [0.15, 0.2) is 6.29 Å². The zero-order chi connectivity index (χ0) is 9.42. The van der Waals surface area contributed by atoms with Gasteiger partial charge in [0.2, 0.25) is 0 Å². The molecule has 0 spiro atoms. The molecular weight excluding hydrogens is 189 g/mol. The molecule has 1 aromatic heterocycles. The number of anilines is 1. The summed E-state index contributed by atoms with van der Waals surface area (Å²) in [5.74, 6) is -0.522. The molecule has 0 radical (unpaired) electrons. The van der Waals surface area contributed by atoms with Crippen LogP contribution in [0.5, 0.6) is 0 Å². The van der Waals surface area contributed by atoms with Crippen LogP contribution in [-0.2, 0) is 0 Å². The molecule has 2 nitrogen and oxygen atoms in total. The predicted molar refractivity (Wildman–Crippen MR) is 51.6 cm³/mol. The Kier molecular flexibility index (Phi) is 1.77. The minimum atomic E-state index is -0.522. The third-order valence-electron chi connectivity index (χ3n) is 1.88. The molecule has 4 heteroatoms. The van der Waals surface area contributed by atoms with Crippen molar-refractivity contribution in [2.24, 2.45) is 0 Å². The molecule has 13 heavy (non-hydrogen) atoms. The fourth-order valence-electron chi connectivity index (χ4n) is 1.22. The zero-order valence-electron chi connectivity index (χ0n) is 6.58. The molecule has 1 aromatic carbocycles. The van der Waals surface area contributed by atoms with Gasteiger partial charge in [-0.15, -0.1) is 11.3 Å². The Hall–Kier alpha value is -1.42. The molecule has 0 saturated carbocycles. The van der Waals surface area contributed by atoms with Crippen molar-refractivity contribution in [1.82, 2.24) is 0 Å². The van der Waals surface area contributed by atoms with Gasteiger partial charge in [0.1, 0.15) is 5.82 Å². The van der Waals surface area contributed by atoms with Crippen LogP contribution < -0.4 is 5.73 Å². The standard InChI is InChI=1S/C9H6FNOS/c10-9-5-1-2-13-8(5)3-7(11)6(9)4-12/h1-4H,11H2. The van der Waals surface area contributed by atoms with Gasteiger partial charge in [-0.1, -0.05) is 0 Å². The van der Waals surface area contributed by atoms with Crippen LogP contribution in [-0.4, -0.2) is 6.29 Å². The van der Waals surface area contributed by atoms with E-state index in [4.69, 9.17) is 5.73 Å². The van der Waals surface area contributed by atoms with Crippen LogP contribution in [0.2, 0.25) is 0 Å². The van der Waals surface area contributed by atoms with Gasteiger partial charge in [-0.05, 0) is 17.5 Å². The number of halogens is 1. The first-order valence-electron chi connectivity index (χ1n) is 3.64. The van der Waals surface area contributed by atoms with Crippen LogP contribution in [0.3, 0.4) is 0 Å². The van der Waals surface area contributed by atoms with E-state index in [1.807, 2.05) is 0 Å². The number of fused-ring (bicyclic) bond motifs is 1. The highest BCUT2D eigenvalue weighted by molar-refractivity contribution is 7.17. The van der Waals surface area contributed by atoms with Crippen molar-refractivity contribution in [1.29, 1.82) is 0 Å². The van der Waals surface area contributed by atoms with Gasteiger partial charge in [-0.2, -0.15) is 0 Å². The molecule has 1 heterocycles. The summed E-state index contributed by atoms with van der Waals surface area (Å²) >= 11 is 1.40. The lowest BCUT2D eigenvalue weighted by atomic mass is 10.1. The van der Waals surface area contributed by atoms with Gasteiger partial charge in [-0.3, -0.25) is 4.79 Å². The SMILES string of the molecule is Nc1cc2sccc2c(F)c1C=O. The normalized spacial score (nSPS) is 10.5. The average molecular weight is 195 g/mol. The lowest BCUT2D eigenvalue weighted by Gasteiger charge is -2.00. The predicted octanol–water partition coefficient (Wildman–Crippen LogP) is 2.44. The topological polar surface area (TPSA) is 43.1 Å². The van der Waals surface area contributed by atoms with E-state index in [0.29, 0.717) is 11.7 Å². The Balaban J connectivity index is 2.92. The molecule has 2 rings (SSSR count). The number of nitrogen functional groups attached to an aromatic ring is 1. The summed E-state index contributed by atoms with van der Waals surface area (Å²) in [6.45, 7) is 0. The largest absolute Gasteiger partial charge is 0.398 e. The summed E-state index contributed by atoms with van der Waals surface area (Å²) in [6, 6.07) is 3.26.